The van der Waals surface area contributed by atoms with Crippen LogP contribution in [0.5, 0.6) is 0 Å². The third-order valence-electron chi connectivity index (χ3n) is 4.33. The molecular weight excluding hydrogens is 280 g/mol. The number of nitrogens with zero attached hydrogens (tertiary/aromatic N) is 4. The van der Waals surface area contributed by atoms with Gasteiger partial charge in [-0.1, -0.05) is 12.1 Å². The fraction of sp³-hybridized carbons (Fsp3) is 0.562. The number of imidazole rings is 1. The van der Waals surface area contributed by atoms with Gasteiger partial charge in [0.15, 0.2) is 0 Å². The topological polar surface area (TPSA) is 64.2 Å². The average molecular weight is 302 g/mol. The van der Waals surface area contributed by atoms with Crippen LogP contribution < -0.4 is 0 Å². The van der Waals surface area contributed by atoms with Crippen LogP contribution in [0.2, 0.25) is 0 Å². The van der Waals surface area contributed by atoms with Crippen molar-refractivity contribution in [3.05, 3.63) is 34.7 Å². The van der Waals surface area contributed by atoms with Gasteiger partial charge in [0.2, 0.25) is 0 Å². The molecular formula is C16H22N4O2. The van der Waals surface area contributed by atoms with E-state index < -0.39 is 0 Å². The molecule has 1 saturated heterocycles. The molecule has 3 heterocycles. The lowest BCUT2D eigenvalue weighted by atomic mass is 10.1. The van der Waals surface area contributed by atoms with Crippen LogP contribution in [0.15, 0.2) is 10.7 Å². The number of carbonyl (C=O) groups excluding carboxylic acids is 1. The molecule has 1 aliphatic heterocycles. The van der Waals surface area contributed by atoms with Crippen molar-refractivity contribution in [2.45, 2.75) is 46.1 Å². The van der Waals surface area contributed by atoms with Gasteiger partial charge in [0.05, 0.1) is 17.4 Å². The summed E-state index contributed by atoms with van der Waals surface area (Å²) in [5, 5.41) is 4.00. The zero-order valence-corrected chi connectivity index (χ0v) is 13.6. The lowest BCUT2D eigenvalue weighted by Crippen LogP contribution is -2.32. The van der Waals surface area contributed by atoms with Gasteiger partial charge in [0.25, 0.3) is 5.91 Å². The van der Waals surface area contributed by atoms with E-state index in [4.69, 9.17) is 4.52 Å². The van der Waals surface area contributed by atoms with Crippen molar-refractivity contribution in [3.8, 4) is 0 Å². The van der Waals surface area contributed by atoms with Crippen molar-refractivity contribution in [2.24, 2.45) is 7.05 Å². The Kier molecular flexibility index (Phi) is 3.76. The molecule has 0 radical (unpaired) electrons. The van der Waals surface area contributed by atoms with E-state index in [2.05, 4.69) is 10.1 Å². The highest BCUT2D eigenvalue weighted by molar-refractivity contribution is 5.96. The molecule has 0 spiro atoms. The highest BCUT2D eigenvalue weighted by Crippen LogP contribution is 2.33. The fourth-order valence-electron chi connectivity index (χ4n) is 3.30. The van der Waals surface area contributed by atoms with Crippen LogP contribution in [0.4, 0.5) is 0 Å². The summed E-state index contributed by atoms with van der Waals surface area (Å²) in [4.78, 5) is 19.5. The summed E-state index contributed by atoms with van der Waals surface area (Å²) in [5.74, 6) is 1.57. The first-order valence-corrected chi connectivity index (χ1v) is 7.78. The summed E-state index contributed by atoms with van der Waals surface area (Å²) in [6, 6.07) is 0.0326. The van der Waals surface area contributed by atoms with Gasteiger partial charge in [-0.2, -0.15) is 0 Å². The van der Waals surface area contributed by atoms with Crippen LogP contribution in [-0.2, 0) is 13.5 Å². The maximum atomic E-state index is 13.0. The van der Waals surface area contributed by atoms with Gasteiger partial charge < -0.3 is 14.0 Å². The number of hydrogen-bond donors (Lipinski definition) is 0. The second-order valence-electron chi connectivity index (χ2n) is 5.92. The maximum absolute atomic E-state index is 13.0. The molecule has 0 N–H and O–H groups in total. The van der Waals surface area contributed by atoms with Gasteiger partial charge >= 0.3 is 0 Å². The van der Waals surface area contributed by atoms with Gasteiger partial charge in [0.1, 0.15) is 17.1 Å². The standard InChI is InChI=1S/C16H22N4O2/c1-5-12-14(11(3)22-18-12)16(21)20-8-6-7-13(20)15-17-10(2)9-19(15)4/h9,13H,5-8H2,1-4H3/t13-/m0/s1. The Balaban J connectivity index is 1.94. The molecule has 2 aromatic heterocycles. The highest BCUT2D eigenvalue weighted by atomic mass is 16.5. The molecule has 1 aliphatic rings. The molecule has 0 saturated carbocycles. The first-order valence-electron chi connectivity index (χ1n) is 7.78. The van der Waals surface area contributed by atoms with Crippen LogP contribution in [0.3, 0.4) is 0 Å². The third kappa shape index (κ3) is 2.32. The summed E-state index contributed by atoms with van der Waals surface area (Å²) in [6.45, 7) is 6.51. The summed E-state index contributed by atoms with van der Waals surface area (Å²) < 4.78 is 7.24. The molecule has 0 bridgehead atoms. The van der Waals surface area contributed by atoms with Crippen LogP contribution in [0.25, 0.3) is 0 Å². The predicted octanol–water partition coefficient (Wildman–Crippen LogP) is 2.56. The molecule has 6 nitrogen and oxygen atoms in total. The Bertz CT molecular complexity index is 701. The first kappa shape index (κ1) is 14.8. The Labute approximate surface area is 130 Å². The van der Waals surface area contributed by atoms with Crippen molar-refractivity contribution in [3.63, 3.8) is 0 Å². The number of amides is 1. The van der Waals surface area contributed by atoms with E-state index in [1.807, 2.05) is 36.6 Å². The Morgan fingerprint density at radius 1 is 1.45 bits per heavy atom. The van der Waals surface area contributed by atoms with E-state index in [-0.39, 0.29) is 11.9 Å². The molecule has 0 aromatic carbocycles. The Morgan fingerprint density at radius 3 is 2.86 bits per heavy atom. The summed E-state index contributed by atoms with van der Waals surface area (Å²) >= 11 is 0. The molecule has 22 heavy (non-hydrogen) atoms. The number of likely N-dealkylation sites (tertiary alicyclic amines) is 1. The molecule has 6 heteroatoms. The van der Waals surface area contributed by atoms with Crippen molar-refractivity contribution in [2.75, 3.05) is 6.54 Å². The third-order valence-corrected chi connectivity index (χ3v) is 4.33. The summed E-state index contributed by atoms with van der Waals surface area (Å²) in [7, 11) is 1.98. The zero-order chi connectivity index (χ0) is 15.9. The van der Waals surface area contributed by atoms with E-state index in [1.54, 1.807) is 6.92 Å². The second-order valence-corrected chi connectivity index (χ2v) is 5.92. The molecule has 118 valence electrons. The second kappa shape index (κ2) is 5.59. The zero-order valence-electron chi connectivity index (χ0n) is 13.6. The number of carbonyl (C=O) groups is 1. The van der Waals surface area contributed by atoms with Crippen molar-refractivity contribution >= 4 is 5.91 Å². The normalized spacial score (nSPS) is 18.2. The lowest BCUT2D eigenvalue weighted by Gasteiger charge is -2.24. The molecule has 1 amide bonds. The monoisotopic (exact) mass is 302 g/mol. The van der Waals surface area contributed by atoms with Crippen LogP contribution in [0, 0.1) is 13.8 Å². The molecule has 1 atom stereocenters. The molecule has 3 rings (SSSR count). The predicted molar refractivity (Wildman–Crippen MR) is 81.6 cm³/mol. The molecule has 0 unspecified atom stereocenters. The minimum atomic E-state index is 0.0127. The van der Waals surface area contributed by atoms with Gasteiger partial charge in [-0.05, 0) is 33.1 Å². The largest absolute Gasteiger partial charge is 0.361 e. The summed E-state index contributed by atoms with van der Waals surface area (Å²) in [6.07, 6.45) is 4.63. The van der Waals surface area contributed by atoms with Gasteiger partial charge in [-0.25, -0.2) is 4.98 Å². The average Bonchev–Trinajstić information content (AvgIpc) is 3.16. The van der Waals surface area contributed by atoms with E-state index >= 15 is 0 Å². The van der Waals surface area contributed by atoms with Crippen molar-refractivity contribution in [1.82, 2.24) is 19.6 Å². The van der Waals surface area contributed by atoms with Gasteiger partial charge in [-0.3, -0.25) is 4.79 Å². The maximum Gasteiger partial charge on any atom is 0.260 e. The minimum absolute atomic E-state index is 0.0127. The quantitative estimate of drug-likeness (QED) is 0.874. The SMILES string of the molecule is CCc1noc(C)c1C(=O)N1CCC[C@H]1c1nc(C)cn1C. The first-order chi connectivity index (χ1) is 10.5. The number of aromatic nitrogens is 3. The van der Waals surface area contributed by atoms with Gasteiger partial charge in [0, 0.05) is 19.8 Å². The summed E-state index contributed by atoms with van der Waals surface area (Å²) in [5.41, 5.74) is 2.34. The van der Waals surface area contributed by atoms with Crippen LogP contribution in [0.1, 0.15) is 59.1 Å². The fourth-order valence-corrected chi connectivity index (χ4v) is 3.30. The van der Waals surface area contributed by atoms with Crippen LogP contribution in [-0.4, -0.2) is 32.1 Å². The van der Waals surface area contributed by atoms with Crippen LogP contribution >= 0.6 is 0 Å². The van der Waals surface area contributed by atoms with Crippen molar-refractivity contribution in [1.29, 1.82) is 0 Å². The number of hydrogen-bond acceptors (Lipinski definition) is 4. The van der Waals surface area contributed by atoms with Crippen molar-refractivity contribution < 1.29 is 9.32 Å². The molecule has 1 fully saturated rings. The van der Waals surface area contributed by atoms with Gasteiger partial charge in [-0.15, -0.1) is 0 Å². The van der Waals surface area contributed by atoms with E-state index in [9.17, 15) is 4.79 Å². The molecule has 0 aliphatic carbocycles. The number of rotatable bonds is 3. The Hall–Kier alpha value is -2.11. The van der Waals surface area contributed by atoms with E-state index in [1.165, 1.54) is 0 Å². The van der Waals surface area contributed by atoms with E-state index in [0.29, 0.717) is 17.7 Å². The highest BCUT2D eigenvalue weighted by Gasteiger charge is 2.35. The Morgan fingerprint density at radius 2 is 2.23 bits per heavy atom. The number of aryl methyl sites for hydroxylation is 4. The molecule has 2 aromatic rings. The van der Waals surface area contributed by atoms with E-state index in [0.717, 1.165) is 36.6 Å². The smallest absolute Gasteiger partial charge is 0.260 e. The minimum Gasteiger partial charge on any atom is -0.361 e. The lowest BCUT2D eigenvalue weighted by molar-refractivity contribution is 0.0725.